The van der Waals surface area contributed by atoms with Crippen LogP contribution in [0.25, 0.3) is 6.08 Å². The molecule has 0 fully saturated rings. The van der Waals surface area contributed by atoms with Gasteiger partial charge in [-0.2, -0.15) is 0 Å². The zero-order chi connectivity index (χ0) is 23.2. The minimum atomic E-state index is -0.124. The Labute approximate surface area is 203 Å². The molecule has 1 aliphatic heterocycles. The van der Waals surface area contributed by atoms with E-state index in [2.05, 4.69) is 11.9 Å². The van der Waals surface area contributed by atoms with E-state index in [-0.39, 0.29) is 5.91 Å². The summed E-state index contributed by atoms with van der Waals surface area (Å²) in [6.07, 6.45) is 4.29. The SMILES string of the molecule is C=CCc1cc(/C=C2/Sc3ccccc3NC2=O)cc(OCC)c1OCc1ccccc1Cl. The van der Waals surface area contributed by atoms with Crippen LogP contribution in [0.1, 0.15) is 23.6 Å². The number of carbonyl (C=O) groups excluding carboxylic acids is 1. The fraction of sp³-hybridized carbons (Fsp3) is 0.148. The maximum atomic E-state index is 12.7. The molecule has 0 spiro atoms. The van der Waals surface area contributed by atoms with Gasteiger partial charge < -0.3 is 14.8 Å². The standard InChI is InChI=1S/C27H24ClNO3S/c1-3-9-19-14-18(16-25-27(30)29-22-12-7-8-13-24(22)33-25)15-23(31-4-2)26(19)32-17-20-10-5-6-11-21(20)28/h3,5-8,10-16H,1,4,9,17H2,2H3,(H,29,30)/b25-16+. The molecule has 0 unspecified atom stereocenters. The number of allylic oxidation sites excluding steroid dienone is 1. The van der Waals surface area contributed by atoms with Gasteiger partial charge in [-0.3, -0.25) is 4.79 Å². The van der Waals surface area contributed by atoms with Gasteiger partial charge in [-0.05, 0) is 55.3 Å². The highest BCUT2D eigenvalue weighted by atomic mass is 35.5. The van der Waals surface area contributed by atoms with Gasteiger partial charge in [0.2, 0.25) is 0 Å². The van der Waals surface area contributed by atoms with E-state index in [1.54, 1.807) is 0 Å². The molecular weight excluding hydrogens is 454 g/mol. The molecule has 0 aromatic heterocycles. The molecule has 4 rings (SSSR count). The predicted octanol–water partition coefficient (Wildman–Crippen LogP) is 7.13. The summed E-state index contributed by atoms with van der Waals surface area (Å²) in [5.74, 6) is 1.16. The summed E-state index contributed by atoms with van der Waals surface area (Å²) in [6.45, 7) is 6.62. The van der Waals surface area contributed by atoms with Crippen LogP contribution < -0.4 is 14.8 Å². The molecule has 3 aromatic carbocycles. The van der Waals surface area contributed by atoms with Crippen molar-refractivity contribution in [1.82, 2.24) is 0 Å². The average molecular weight is 478 g/mol. The Bertz CT molecular complexity index is 1220. The minimum absolute atomic E-state index is 0.124. The first-order valence-electron chi connectivity index (χ1n) is 10.7. The molecule has 6 heteroatoms. The summed E-state index contributed by atoms with van der Waals surface area (Å²) in [7, 11) is 0. The van der Waals surface area contributed by atoms with E-state index in [1.807, 2.05) is 79.7 Å². The highest BCUT2D eigenvalue weighted by Gasteiger charge is 2.21. The van der Waals surface area contributed by atoms with E-state index in [0.29, 0.717) is 41.1 Å². The number of carbonyl (C=O) groups is 1. The Morgan fingerprint density at radius 2 is 1.85 bits per heavy atom. The average Bonchev–Trinajstić information content (AvgIpc) is 2.80. The second-order valence-corrected chi connectivity index (χ2v) is 8.87. The van der Waals surface area contributed by atoms with E-state index in [9.17, 15) is 4.79 Å². The predicted molar refractivity (Wildman–Crippen MR) is 136 cm³/mol. The minimum Gasteiger partial charge on any atom is -0.490 e. The van der Waals surface area contributed by atoms with Crippen LogP contribution in [0, 0.1) is 0 Å². The molecule has 3 aromatic rings. The van der Waals surface area contributed by atoms with Crippen LogP contribution in [0.3, 0.4) is 0 Å². The monoisotopic (exact) mass is 477 g/mol. The summed E-state index contributed by atoms with van der Waals surface area (Å²) >= 11 is 7.75. The number of para-hydroxylation sites is 1. The highest BCUT2D eigenvalue weighted by Crippen LogP contribution is 2.40. The first-order chi connectivity index (χ1) is 16.1. The molecule has 0 aliphatic carbocycles. The van der Waals surface area contributed by atoms with Crippen molar-refractivity contribution in [2.24, 2.45) is 0 Å². The molecule has 33 heavy (non-hydrogen) atoms. The molecule has 168 valence electrons. The van der Waals surface area contributed by atoms with Crippen LogP contribution in [0.5, 0.6) is 11.5 Å². The number of ether oxygens (including phenoxy) is 2. The first-order valence-corrected chi connectivity index (χ1v) is 11.8. The molecule has 0 saturated carbocycles. The first kappa shape index (κ1) is 23.0. The second-order valence-electron chi connectivity index (χ2n) is 7.37. The number of halogens is 1. The van der Waals surface area contributed by atoms with Gasteiger partial charge in [0.1, 0.15) is 6.61 Å². The van der Waals surface area contributed by atoms with Crippen molar-refractivity contribution in [2.45, 2.75) is 24.8 Å². The Balaban J connectivity index is 1.68. The van der Waals surface area contributed by atoms with Crippen LogP contribution in [0.4, 0.5) is 5.69 Å². The zero-order valence-electron chi connectivity index (χ0n) is 18.3. The smallest absolute Gasteiger partial charge is 0.262 e. The number of thioether (sulfide) groups is 1. The summed E-state index contributed by atoms with van der Waals surface area (Å²) < 4.78 is 12.1. The summed E-state index contributed by atoms with van der Waals surface area (Å²) in [4.78, 5) is 14.3. The van der Waals surface area contributed by atoms with Crippen molar-refractivity contribution in [3.8, 4) is 11.5 Å². The van der Waals surface area contributed by atoms with Crippen molar-refractivity contribution in [3.63, 3.8) is 0 Å². The van der Waals surface area contributed by atoms with Crippen molar-refractivity contribution in [2.75, 3.05) is 11.9 Å². The lowest BCUT2D eigenvalue weighted by Crippen LogP contribution is -2.17. The number of benzene rings is 3. The largest absolute Gasteiger partial charge is 0.490 e. The number of amides is 1. The third kappa shape index (κ3) is 5.44. The number of hydrogen-bond donors (Lipinski definition) is 1. The molecular formula is C27H24ClNO3S. The lowest BCUT2D eigenvalue weighted by atomic mass is 10.0. The van der Waals surface area contributed by atoms with Gasteiger partial charge in [0.05, 0.1) is 17.2 Å². The van der Waals surface area contributed by atoms with Gasteiger partial charge in [0.15, 0.2) is 11.5 Å². The summed E-state index contributed by atoms with van der Waals surface area (Å²) in [5, 5.41) is 3.61. The van der Waals surface area contributed by atoms with E-state index >= 15 is 0 Å². The summed E-state index contributed by atoms with van der Waals surface area (Å²) in [6, 6.07) is 19.3. The van der Waals surface area contributed by atoms with Gasteiger partial charge in [0.25, 0.3) is 5.91 Å². The molecule has 0 saturated heterocycles. The van der Waals surface area contributed by atoms with E-state index in [4.69, 9.17) is 21.1 Å². The van der Waals surface area contributed by atoms with Gasteiger partial charge in [-0.1, -0.05) is 59.8 Å². The van der Waals surface area contributed by atoms with Crippen molar-refractivity contribution < 1.29 is 14.3 Å². The number of hydrogen-bond acceptors (Lipinski definition) is 4. The van der Waals surface area contributed by atoms with Crippen LogP contribution in [0.15, 0.2) is 83.1 Å². The van der Waals surface area contributed by atoms with Gasteiger partial charge >= 0.3 is 0 Å². The maximum absolute atomic E-state index is 12.7. The lowest BCUT2D eigenvalue weighted by molar-refractivity contribution is -0.112. The molecule has 0 bridgehead atoms. The Kier molecular flexibility index (Phi) is 7.43. The number of anilines is 1. The Morgan fingerprint density at radius 1 is 1.06 bits per heavy atom. The Morgan fingerprint density at radius 3 is 2.64 bits per heavy atom. The molecule has 0 radical (unpaired) electrons. The molecule has 1 aliphatic rings. The van der Waals surface area contributed by atoms with Crippen molar-refractivity contribution in [3.05, 3.63) is 99.9 Å². The number of fused-ring (bicyclic) bond motifs is 1. The molecule has 1 amide bonds. The highest BCUT2D eigenvalue weighted by molar-refractivity contribution is 8.04. The van der Waals surface area contributed by atoms with E-state index in [0.717, 1.165) is 27.3 Å². The molecule has 1 heterocycles. The second kappa shape index (κ2) is 10.6. The van der Waals surface area contributed by atoms with Crippen molar-refractivity contribution >= 4 is 41.0 Å². The van der Waals surface area contributed by atoms with Gasteiger partial charge in [-0.15, -0.1) is 6.58 Å². The fourth-order valence-corrected chi connectivity index (χ4v) is 4.66. The topological polar surface area (TPSA) is 47.6 Å². The summed E-state index contributed by atoms with van der Waals surface area (Å²) in [5.41, 5.74) is 3.51. The Hall–Kier alpha value is -3.15. The third-order valence-electron chi connectivity index (χ3n) is 5.02. The normalized spacial score (nSPS) is 13.9. The fourth-order valence-electron chi connectivity index (χ4n) is 3.52. The molecule has 4 nitrogen and oxygen atoms in total. The maximum Gasteiger partial charge on any atom is 0.262 e. The van der Waals surface area contributed by atoms with Crippen LogP contribution in [-0.2, 0) is 17.8 Å². The molecule has 0 atom stereocenters. The van der Waals surface area contributed by atoms with Crippen LogP contribution in [-0.4, -0.2) is 12.5 Å². The van der Waals surface area contributed by atoms with E-state index in [1.165, 1.54) is 11.8 Å². The van der Waals surface area contributed by atoms with Crippen LogP contribution >= 0.6 is 23.4 Å². The van der Waals surface area contributed by atoms with Crippen molar-refractivity contribution in [1.29, 1.82) is 0 Å². The number of nitrogens with one attached hydrogen (secondary N) is 1. The van der Waals surface area contributed by atoms with Gasteiger partial charge in [0, 0.05) is 21.0 Å². The third-order valence-corrected chi connectivity index (χ3v) is 6.49. The quantitative estimate of drug-likeness (QED) is 0.277. The lowest BCUT2D eigenvalue weighted by Gasteiger charge is -2.19. The van der Waals surface area contributed by atoms with E-state index < -0.39 is 0 Å². The zero-order valence-corrected chi connectivity index (χ0v) is 19.8. The number of rotatable bonds is 8. The molecule has 1 N–H and O–H groups in total. The van der Waals surface area contributed by atoms with Gasteiger partial charge in [-0.25, -0.2) is 0 Å². The van der Waals surface area contributed by atoms with Crippen LogP contribution in [0.2, 0.25) is 5.02 Å².